The number of carbonyl (C=O) groups is 1. The molecule has 0 amide bonds. The number of para-hydroxylation sites is 1. The number of nitrogens with zero attached hydrogens (tertiary/aromatic N) is 1. The summed E-state index contributed by atoms with van der Waals surface area (Å²) in [6, 6.07) is 7.64. The lowest BCUT2D eigenvalue weighted by molar-refractivity contribution is 0.0601. The van der Waals surface area contributed by atoms with Gasteiger partial charge in [-0.2, -0.15) is 0 Å². The molecule has 0 saturated carbocycles. The number of ether oxygens (including phenoxy) is 1. The Balaban J connectivity index is 2.26. The highest BCUT2D eigenvalue weighted by molar-refractivity contribution is 5.96. The maximum Gasteiger partial charge on any atom is 0.339 e. The lowest BCUT2D eigenvalue weighted by Gasteiger charge is -2.39. The Morgan fingerprint density at radius 1 is 1.47 bits per heavy atom. The molecule has 2 N–H and O–H groups in total. The predicted octanol–water partition coefficient (Wildman–Crippen LogP) is 0.620. The number of hydrogen-bond donors (Lipinski definition) is 1. The molecule has 0 bridgehead atoms. The maximum absolute atomic E-state index is 11.5. The lowest BCUT2D eigenvalue weighted by atomic mass is 10.1. The highest BCUT2D eigenvalue weighted by Crippen LogP contribution is 2.24. The molecular weight excluding hydrogens is 192 g/mol. The van der Waals surface area contributed by atoms with Crippen molar-refractivity contribution in [3.05, 3.63) is 29.8 Å². The van der Waals surface area contributed by atoms with E-state index in [1.807, 2.05) is 18.2 Å². The predicted molar refractivity (Wildman–Crippen MR) is 58.0 cm³/mol. The van der Waals surface area contributed by atoms with Crippen molar-refractivity contribution in [1.29, 1.82) is 0 Å². The monoisotopic (exact) mass is 206 g/mol. The van der Waals surface area contributed by atoms with Gasteiger partial charge in [0.05, 0.1) is 18.4 Å². The Morgan fingerprint density at radius 3 is 2.73 bits per heavy atom. The number of nitrogens with two attached hydrogens (primary N) is 1. The van der Waals surface area contributed by atoms with Gasteiger partial charge in [-0.1, -0.05) is 12.1 Å². The second kappa shape index (κ2) is 3.90. The largest absolute Gasteiger partial charge is 0.465 e. The smallest absolute Gasteiger partial charge is 0.339 e. The number of rotatable bonds is 2. The second-order valence-corrected chi connectivity index (χ2v) is 3.67. The molecule has 1 saturated heterocycles. The third kappa shape index (κ3) is 1.80. The normalized spacial score (nSPS) is 16.0. The summed E-state index contributed by atoms with van der Waals surface area (Å²) >= 11 is 0. The Bertz CT molecular complexity index is 373. The van der Waals surface area contributed by atoms with Crippen LogP contribution in [0.5, 0.6) is 0 Å². The van der Waals surface area contributed by atoms with Crippen LogP contribution >= 0.6 is 0 Å². The molecule has 0 radical (unpaired) electrons. The van der Waals surface area contributed by atoms with E-state index >= 15 is 0 Å². The van der Waals surface area contributed by atoms with Crippen molar-refractivity contribution in [2.45, 2.75) is 6.04 Å². The molecule has 4 heteroatoms. The van der Waals surface area contributed by atoms with Gasteiger partial charge in [0.1, 0.15) is 0 Å². The van der Waals surface area contributed by atoms with Crippen molar-refractivity contribution in [1.82, 2.24) is 0 Å². The van der Waals surface area contributed by atoms with Gasteiger partial charge in [-0.25, -0.2) is 4.79 Å². The van der Waals surface area contributed by atoms with Gasteiger partial charge in [0.2, 0.25) is 0 Å². The van der Waals surface area contributed by atoms with Crippen LogP contribution in [0.1, 0.15) is 10.4 Å². The van der Waals surface area contributed by atoms with Crippen LogP contribution in [0, 0.1) is 0 Å². The van der Waals surface area contributed by atoms with Crippen molar-refractivity contribution >= 4 is 11.7 Å². The third-order valence-electron chi connectivity index (χ3n) is 2.56. The fraction of sp³-hybridized carbons (Fsp3) is 0.364. The van der Waals surface area contributed by atoms with Gasteiger partial charge in [0.15, 0.2) is 0 Å². The summed E-state index contributed by atoms with van der Waals surface area (Å²) in [6.45, 7) is 1.60. The highest BCUT2D eigenvalue weighted by Gasteiger charge is 2.26. The fourth-order valence-electron chi connectivity index (χ4n) is 1.74. The molecule has 2 rings (SSSR count). The molecule has 80 valence electrons. The quantitative estimate of drug-likeness (QED) is 0.721. The summed E-state index contributed by atoms with van der Waals surface area (Å²) in [4.78, 5) is 13.6. The molecule has 4 nitrogen and oxygen atoms in total. The summed E-state index contributed by atoms with van der Waals surface area (Å²) in [7, 11) is 1.39. The van der Waals surface area contributed by atoms with E-state index in [4.69, 9.17) is 10.5 Å². The van der Waals surface area contributed by atoms with Crippen LogP contribution in [-0.2, 0) is 4.74 Å². The number of carbonyl (C=O) groups excluding carboxylic acids is 1. The zero-order chi connectivity index (χ0) is 10.8. The number of anilines is 1. The molecule has 0 spiro atoms. The number of methoxy groups -OCH3 is 1. The SMILES string of the molecule is COC(=O)c1ccccc1N1CC(N)C1. The number of esters is 1. The van der Waals surface area contributed by atoms with E-state index in [2.05, 4.69) is 4.90 Å². The van der Waals surface area contributed by atoms with Crippen LogP contribution in [0.3, 0.4) is 0 Å². The van der Waals surface area contributed by atoms with Gasteiger partial charge in [0, 0.05) is 19.1 Å². The van der Waals surface area contributed by atoms with Crippen molar-refractivity contribution in [2.75, 3.05) is 25.1 Å². The van der Waals surface area contributed by atoms with Crippen molar-refractivity contribution in [3.63, 3.8) is 0 Å². The van der Waals surface area contributed by atoms with Gasteiger partial charge in [-0.15, -0.1) is 0 Å². The molecule has 1 fully saturated rings. The van der Waals surface area contributed by atoms with Gasteiger partial charge in [0.25, 0.3) is 0 Å². The summed E-state index contributed by atoms with van der Waals surface area (Å²) in [5.74, 6) is -0.300. The van der Waals surface area contributed by atoms with Crippen LogP contribution in [0.15, 0.2) is 24.3 Å². The Hall–Kier alpha value is -1.55. The lowest BCUT2D eigenvalue weighted by Crippen LogP contribution is -2.56. The minimum atomic E-state index is -0.300. The van der Waals surface area contributed by atoms with E-state index < -0.39 is 0 Å². The molecule has 1 aliphatic heterocycles. The second-order valence-electron chi connectivity index (χ2n) is 3.67. The molecule has 1 aromatic rings. The molecule has 0 aliphatic carbocycles. The number of hydrogen-bond acceptors (Lipinski definition) is 4. The average molecular weight is 206 g/mol. The fourth-order valence-corrected chi connectivity index (χ4v) is 1.74. The molecule has 0 unspecified atom stereocenters. The first-order valence-corrected chi connectivity index (χ1v) is 4.90. The van der Waals surface area contributed by atoms with Crippen molar-refractivity contribution < 1.29 is 9.53 Å². The maximum atomic E-state index is 11.5. The van der Waals surface area contributed by atoms with Gasteiger partial charge in [-0.05, 0) is 12.1 Å². The Morgan fingerprint density at radius 2 is 2.13 bits per heavy atom. The average Bonchev–Trinajstić information content (AvgIpc) is 2.24. The molecule has 0 aromatic heterocycles. The van der Waals surface area contributed by atoms with Crippen LogP contribution in [0.25, 0.3) is 0 Å². The first-order chi connectivity index (χ1) is 7.22. The Labute approximate surface area is 88.6 Å². The molecule has 1 aromatic carbocycles. The van der Waals surface area contributed by atoms with Gasteiger partial charge in [-0.3, -0.25) is 0 Å². The van der Waals surface area contributed by atoms with E-state index in [0.717, 1.165) is 18.8 Å². The van der Waals surface area contributed by atoms with Gasteiger partial charge < -0.3 is 15.4 Å². The molecule has 0 atom stereocenters. The van der Waals surface area contributed by atoms with E-state index in [1.165, 1.54) is 7.11 Å². The summed E-state index contributed by atoms with van der Waals surface area (Å²) in [6.07, 6.45) is 0. The van der Waals surface area contributed by atoms with Crippen molar-refractivity contribution in [3.8, 4) is 0 Å². The topological polar surface area (TPSA) is 55.6 Å². The summed E-state index contributed by atoms with van der Waals surface area (Å²) in [5, 5.41) is 0. The molecular formula is C11H14N2O2. The zero-order valence-electron chi connectivity index (χ0n) is 8.64. The number of benzene rings is 1. The Kier molecular flexibility index (Phi) is 2.60. The first kappa shape index (κ1) is 9.98. The van der Waals surface area contributed by atoms with Crippen LogP contribution in [-0.4, -0.2) is 32.2 Å². The molecule has 1 aliphatic rings. The standard InChI is InChI=1S/C11H14N2O2/c1-15-11(14)9-4-2-3-5-10(9)13-6-8(12)7-13/h2-5,8H,6-7,12H2,1H3. The van der Waals surface area contributed by atoms with E-state index in [0.29, 0.717) is 5.56 Å². The van der Waals surface area contributed by atoms with E-state index in [-0.39, 0.29) is 12.0 Å². The van der Waals surface area contributed by atoms with E-state index in [9.17, 15) is 4.79 Å². The minimum absolute atomic E-state index is 0.218. The molecule has 1 heterocycles. The first-order valence-electron chi connectivity index (χ1n) is 4.90. The van der Waals surface area contributed by atoms with Crippen LogP contribution in [0.4, 0.5) is 5.69 Å². The van der Waals surface area contributed by atoms with Gasteiger partial charge >= 0.3 is 5.97 Å². The van der Waals surface area contributed by atoms with Crippen LogP contribution < -0.4 is 10.6 Å². The summed E-state index contributed by atoms with van der Waals surface area (Å²) < 4.78 is 4.73. The molecule has 15 heavy (non-hydrogen) atoms. The minimum Gasteiger partial charge on any atom is -0.465 e. The van der Waals surface area contributed by atoms with Crippen molar-refractivity contribution in [2.24, 2.45) is 5.73 Å². The summed E-state index contributed by atoms with van der Waals surface area (Å²) in [5.41, 5.74) is 7.22. The third-order valence-corrected chi connectivity index (χ3v) is 2.56. The highest BCUT2D eigenvalue weighted by atomic mass is 16.5. The zero-order valence-corrected chi connectivity index (χ0v) is 8.64. The van der Waals surface area contributed by atoms with E-state index in [1.54, 1.807) is 6.07 Å². The van der Waals surface area contributed by atoms with Crippen LogP contribution in [0.2, 0.25) is 0 Å².